The SMILES string of the molecule is C=C(C)C(=O)OCCOC(=O)NC1CC(C)(C)CC(C)(CNC(=O)OCCCCCC(=O)CC(=O)CCCCCOC(=O)NCC2(C)CC(NC(=O)OCCOC(=O)C(=C)C)CC(C)(C)C2)C1. The van der Waals surface area contributed by atoms with Gasteiger partial charge in [-0.05, 0) is 113 Å². The van der Waals surface area contributed by atoms with Crippen molar-refractivity contribution in [3.05, 3.63) is 24.3 Å². The molecule has 0 spiro atoms. The lowest BCUT2D eigenvalue weighted by molar-refractivity contribution is -0.140. The third-order valence-corrected chi connectivity index (χ3v) is 11.7. The molecule has 0 aliphatic heterocycles. The molecule has 4 unspecified atom stereocenters. The number of carbonyl (C=O) groups excluding carboxylic acids is 8. The molecule has 0 aromatic heterocycles. The van der Waals surface area contributed by atoms with E-state index in [1.807, 2.05) is 0 Å². The lowest BCUT2D eigenvalue weighted by atomic mass is 9.62. The van der Waals surface area contributed by atoms with Crippen molar-refractivity contribution in [2.24, 2.45) is 21.7 Å². The maximum absolute atomic E-state index is 12.5. The van der Waals surface area contributed by atoms with E-state index >= 15 is 0 Å². The standard InChI is InChI=1S/C49H80N4O14/c1-34(2)40(56)62-21-23-66-44(60)52-36-26-46(5,6)30-48(9,28-36)32-50-42(58)64-19-15-11-13-17-38(54)25-39(55)18-14-12-16-20-65-43(59)51-33-49(10)29-37(27-47(7,8)31-49)53-45(61)67-24-22-63-41(57)35(3)4/h36-37H,1,3,11-33H2,2,4-10H3,(H,50,58)(H,51,59)(H,52,60)(H,53,61). The number of ether oxygens (including phenoxy) is 6. The van der Waals surface area contributed by atoms with Gasteiger partial charge >= 0.3 is 36.3 Å². The van der Waals surface area contributed by atoms with Crippen molar-refractivity contribution in [1.82, 2.24) is 21.3 Å². The Bertz CT molecular complexity index is 1610. The summed E-state index contributed by atoms with van der Waals surface area (Å²) in [6.45, 7) is 23.5. The summed E-state index contributed by atoms with van der Waals surface area (Å²) in [5, 5.41) is 11.5. The highest BCUT2D eigenvalue weighted by Gasteiger charge is 2.43. The van der Waals surface area contributed by atoms with Crippen molar-refractivity contribution in [2.75, 3.05) is 52.7 Å². The summed E-state index contributed by atoms with van der Waals surface area (Å²) < 4.78 is 31.0. The molecule has 4 atom stereocenters. The smallest absolute Gasteiger partial charge is 0.407 e. The summed E-state index contributed by atoms with van der Waals surface area (Å²) in [6, 6.07) is -0.356. The Kier molecular flexibility index (Phi) is 24.4. The fourth-order valence-electron chi connectivity index (χ4n) is 9.54. The van der Waals surface area contributed by atoms with Crippen LogP contribution in [0, 0.1) is 21.7 Å². The minimum absolute atomic E-state index is 0.0691. The Morgan fingerprint density at radius 2 is 0.806 bits per heavy atom. The molecule has 0 aromatic carbocycles. The molecule has 4 N–H and O–H groups in total. The number of ketones is 2. The van der Waals surface area contributed by atoms with Crippen molar-refractivity contribution >= 4 is 47.9 Å². The molecule has 0 bridgehead atoms. The van der Waals surface area contributed by atoms with Crippen LogP contribution in [0.25, 0.3) is 0 Å². The molecule has 18 heteroatoms. The van der Waals surface area contributed by atoms with Gasteiger partial charge in [0.05, 0.1) is 19.6 Å². The number of unbranched alkanes of at least 4 members (excludes halogenated alkanes) is 4. The third kappa shape index (κ3) is 25.5. The topological polar surface area (TPSA) is 240 Å². The number of nitrogens with one attached hydrogen (secondary N) is 4. The van der Waals surface area contributed by atoms with Crippen molar-refractivity contribution in [3.63, 3.8) is 0 Å². The molecule has 2 saturated carbocycles. The molecule has 0 radical (unpaired) electrons. The van der Waals surface area contributed by atoms with Gasteiger partial charge in [0, 0.05) is 49.2 Å². The predicted octanol–water partition coefficient (Wildman–Crippen LogP) is 7.95. The van der Waals surface area contributed by atoms with Crippen LogP contribution in [-0.4, -0.2) is 113 Å². The van der Waals surface area contributed by atoms with Crippen LogP contribution in [-0.2, 0) is 47.6 Å². The quantitative estimate of drug-likeness (QED) is 0.0191. The van der Waals surface area contributed by atoms with E-state index in [2.05, 4.69) is 76.0 Å². The van der Waals surface area contributed by atoms with Gasteiger partial charge in [-0.15, -0.1) is 0 Å². The van der Waals surface area contributed by atoms with Crippen LogP contribution < -0.4 is 21.3 Å². The zero-order chi connectivity index (χ0) is 50.3. The van der Waals surface area contributed by atoms with Crippen LogP contribution in [0.5, 0.6) is 0 Å². The van der Waals surface area contributed by atoms with Gasteiger partial charge in [0.1, 0.15) is 38.0 Å². The van der Waals surface area contributed by atoms with Crippen LogP contribution in [0.2, 0.25) is 0 Å². The monoisotopic (exact) mass is 949 g/mol. The lowest BCUT2D eigenvalue weighted by Crippen LogP contribution is -2.50. The second-order valence-corrected chi connectivity index (χ2v) is 20.8. The maximum atomic E-state index is 12.5. The molecule has 2 aliphatic carbocycles. The highest BCUT2D eigenvalue weighted by molar-refractivity contribution is 5.99. The average molecular weight is 949 g/mol. The van der Waals surface area contributed by atoms with Gasteiger partial charge in [-0.2, -0.15) is 0 Å². The van der Waals surface area contributed by atoms with Gasteiger partial charge in [0.25, 0.3) is 0 Å². The Morgan fingerprint density at radius 1 is 0.463 bits per heavy atom. The summed E-state index contributed by atoms with van der Waals surface area (Å²) in [7, 11) is 0. The van der Waals surface area contributed by atoms with Crippen LogP contribution >= 0.6 is 0 Å². The molecule has 2 fully saturated rings. The van der Waals surface area contributed by atoms with Gasteiger partial charge < -0.3 is 49.7 Å². The van der Waals surface area contributed by atoms with Crippen LogP contribution in [0.3, 0.4) is 0 Å². The Hall–Kier alpha value is -5.16. The molecule has 0 aromatic rings. The van der Waals surface area contributed by atoms with E-state index in [1.165, 1.54) is 13.8 Å². The second-order valence-electron chi connectivity index (χ2n) is 20.8. The van der Waals surface area contributed by atoms with Crippen molar-refractivity contribution in [2.45, 2.75) is 164 Å². The number of hydrogen-bond acceptors (Lipinski definition) is 14. The number of carbonyl (C=O) groups is 8. The average Bonchev–Trinajstić information content (AvgIpc) is 3.20. The first-order valence-corrected chi connectivity index (χ1v) is 23.7. The fraction of sp³-hybridized carbons (Fsp3) is 0.755. The van der Waals surface area contributed by atoms with Crippen LogP contribution in [0.4, 0.5) is 19.2 Å². The molecule has 4 amide bonds. The third-order valence-electron chi connectivity index (χ3n) is 11.7. The molecule has 0 heterocycles. The number of rotatable bonds is 28. The highest BCUT2D eigenvalue weighted by atomic mass is 16.6. The van der Waals surface area contributed by atoms with E-state index in [-0.39, 0.29) is 115 Å². The first-order chi connectivity index (χ1) is 31.3. The van der Waals surface area contributed by atoms with E-state index in [0.717, 1.165) is 25.7 Å². The molecule has 2 aliphatic rings. The summed E-state index contributed by atoms with van der Waals surface area (Å²) in [6.07, 6.45) is 6.17. The largest absolute Gasteiger partial charge is 0.459 e. The molecular weight excluding hydrogens is 869 g/mol. The molecule has 0 saturated heterocycles. The van der Waals surface area contributed by atoms with Gasteiger partial charge in [0.15, 0.2) is 0 Å². The summed E-state index contributed by atoms with van der Waals surface area (Å²) in [4.78, 5) is 97.7. The molecule has 67 heavy (non-hydrogen) atoms. The highest BCUT2D eigenvalue weighted by Crippen LogP contribution is 2.47. The van der Waals surface area contributed by atoms with E-state index in [1.54, 1.807) is 0 Å². The molecule has 2 rings (SSSR count). The first kappa shape index (κ1) is 58.0. The van der Waals surface area contributed by atoms with Crippen LogP contribution in [0.1, 0.15) is 152 Å². The minimum Gasteiger partial charge on any atom is -0.459 e. The van der Waals surface area contributed by atoms with Gasteiger partial charge in [-0.25, -0.2) is 28.8 Å². The van der Waals surface area contributed by atoms with E-state index in [0.29, 0.717) is 64.5 Å². The normalized spacial score (nSPS) is 21.6. The van der Waals surface area contributed by atoms with Gasteiger partial charge in [0.2, 0.25) is 0 Å². The summed E-state index contributed by atoms with van der Waals surface area (Å²) >= 11 is 0. The van der Waals surface area contributed by atoms with Gasteiger partial charge in [-0.3, -0.25) is 9.59 Å². The fourth-order valence-corrected chi connectivity index (χ4v) is 9.54. The zero-order valence-electron chi connectivity index (χ0n) is 41.5. The molecular formula is C49H80N4O14. The molecule has 18 nitrogen and oxygen atoms in total. The first-order valence-electron chi connectivity index (χ1n) is 23.7. The summed E-state index contributed by atoms with van der Waals surface area (Å²) in [5.74, 6) is -1.33. The van der Waals surface area contributed by atoms with E-state index < -0.39 is 36.3 Å². The number of amides is 4. The van der Waals surface area contributed by atoms with Crippen molar-refractivity contribution in [3.8, 4) is 0 Å². The number of esters is 2. The van der Waals surface area contributed by atoms with E-state index in [4.69, 9.17) is 28.4 Å². The molecule has 380 valence electrons. The van der Waals surface area contributed by atoms with Crippen LogP contribution in [0.15, 0.2) is 24.3 Å². The van der Waals surface area contributed by atoms with Crippen molar-refractivity contribution < 1.29 is 66.8 Å². The van der Waals surface area contributed by atoms with Gasteiger partial charge in [-0.1, -0.05) is 54.7 Å². The predicted molar refractivity (Wildman–Crippen MR) is 250 cm³/mol. The number of hydrogen-bond donors (Lipinski definition) is 4. The number of alkyl carbamates (subject to hydrolysis) is 4. The Balaban J connectivity index is 1.53. The lowest BCUT2D eigenvalue weighted by Gasteiger charge is -2.46. The zero-order valence-corrected chi connectivity index (χ0v) is 41.5. The maximum Gasteiger partial charge on any atom is 0.407 e. The van der Waals surface area contributed by atoms with E-state index in [9.17, 15) is 38.4 Å². The van der Waals surface area contributed by atoms with Crippen molar-refractivity contribution in [1.29, 1.82) is 0 Å². The number of Topliss-reactive ketones (excluding diaryl/α,β-unsaturated/α-hetero) is 2. The Morgan fingerprint density at radius 3 is 1.16 bits per heavy atom. The summed E-state index contributed by atoms with van der Waals surface area (Å²) in [5.41, 5.74) is -0.312. The minimum atomic E-state index is -0.600. The second kappa shape index (κ2) is 28.2. The Labute approximate surface area is 397 Å².